The van der Waals surface area contributed by atoms with Crippen molar-refractivity contribution in [3.63, 3.8) is 0 Å². The number of nitrogens with zero attached hydrogens (tertiary/aromatic N) is 2. The predicted molar refractivity (Wildman–Crippen MR) is 81.3 cm³/mol. The van der Waals surface area contributed by atoms with Crippen LogP contribution in [0.5, 0.6) is 0 Å². The molecular weight excluding hydrogens is 272 g/mol. The van der Waals surface area contributed by atoms with Crippen molar-refractivity contribution in [3.05, 3.63) is 29.8 Å². The molecule has 0 unspecified atom stereocenters. The summed E-state index contributed by atoms with van der Waals surface area (Å²) in [4.78, 5) is 0.295. The highest BCUT2D eigenvalue weighted by atomic mass is 32.2. The summed E-state index contributed by atoms with van der Waals surface area (Å²) in [5, 5.41) is 4.33. The van der Waals surface area contributed by atoms with Crippen molar-refractivity contribution in [2.45, 2.75) is 50.3 Å². The molecule has 5 heteroatoms. The van der Waals surface area contributed by atoms with Gasteiger partial charge in [0.1, 0.15) is 0 Å². The fourth-order valence-electron chi connectivity index (χ4n) is 2.35. The summed E-state index contributed by atoms with van der Waals surface area (Å²) in [5.41, 5.74) is 2.04. The highest BCUT2D eigenvalue weighted by Crippen LogP contribution is 2.19. The molecule has 1 aromatic carbocycles. The van der Waals surface area contributed by atoms with Crippen LogP contribution in [0.2, 0.25) is 0 Å². The van der Waals surface area contributed by atoms with Crippen LogP contribution < -0.4 is 0 Å². The van der Waals surface area contributed by atoms with Crippen LogP contribution in [0.3, 0.4) is 0 Å². The second-order valence-electron chi connectivity index (χ2n) is 5.33. The summed E-state index contributed by atoms with van der Waals surface area (Å²) in [6.07, 6.45) is 6.47. The molecule has 1 aromatic rings. The summed E-state index contributed by atoms with van der Waals surface area (Å²) in [5.74, 6) is 0. The second-order valence-corrected chi connectivity index (χ2v) is 7.28. The summed E-state index contributed by atoms with van der Waals surface area (Å²) in [6.45, 7) is 1.94. The normalized spacial score (nSPS) is 16.6. The third-order valence-corrected chi connectivity index (χ3v) is 5.27. The number of benzene rings is 1. The van der Waals surface area contributed by atoms with E-state index in [4.69, 9.17) is 0 Å². The van der Waals surface area contributed by atoms with Crippen LogP contribution in [0.15, 0.2) is 34.3 Å². The van der Waals surface area contributed by atoms with Crippen LogP contribution in [0.4, 0.5) is 0 Å². The summed E-state index contributed by atoms with van der Waals surface area (Å²) < 4.78 is 26.0. The van der Waals surface area contributed by atoms with E-state index in [2.05, 4.69) is 5.10 Å². The molecule has 0 spiro atoms. The lowest BCUT2D eigenvalue weighted by molar-refractivity contribution is 0.487. The van der Waals surface area contributed by atoms with Gasteiger partial charge in [-0.3, -0.25) is 0 Å². The summed E-state index contributed by atoms with van der Waals surface area (Å²) in [6, 6.07) is 6.88. The predicted octanol–water partition coefficient (Wildman–Crippen LogP) is 3.33. The van der Waals surface area contributed by atoms with Crippen molar-refractivity contribution < 1.29 is 8.42 Å². The number of hydrogen-bond donors (Lipinski definition) is 0. The Morgan fingerprint density at radius 2 is 1.55 bits per heavy atom. The first kappa shape index (κ1) is 15.0. The van der Waals surface area contributed by atoms with E-state index >= 15 is 0 Å². The molecule has 1 aliphatic carbocycles. The van der Waals surface area contributed by atoms with Crippen LogP contribution in [0.1, 0.15) is 44.1 Å². The fourth-order valence-corrected chi connectivity index (χ4v) is 3.36. The van der Waals surface area contributed by atoms with Gasteiger partial charge in [-0.1, -0.05) is 30.5 Å². The van der Waals surface area contributed by atoms with E-state index in [1.165, 1.54) is 19.9 Å². The molecule has 1 saturated carbocycles. The maximum Gasteiger partial charge on any atom is 0.278 e. The zero-order valence-corrected chi connectivity index (χ0v) is 13.0. The van der Waals surface area contributed by atoms with E-state index in [1.54, 1.807) is 24.3 Å². The zero-order valence-electron chi connectivity index (χ0n) is 12.2. The van der Waals surface area contributed by atoms with E-state index in [9.17, 15) is 8.42 Å². The van der Waals surface area contributed by atoms with E-state index in [-0.39, 0.29) is 0 Å². The SMILES string of the molecule is Cc1ccc(S(=O)(=O)N(C)N=C2CCCCCC2)cc1. The molecule has 0 atom stereocenters. The first-order chi connectivity index (χ1) is 9.50. The number of aryl methyl sites for hydroxylation is 1. The third kappa shape index (κ3) is 3.60. The molecule has 20 heavy (non-hydrogen) atoms. The van der Waals surface area contributed by atoms with Gasteiger partial charge in [0.05, 0.1) is 4.90 Å². The molecule has 0 heterocycles. The van der Waals surface area contributed by atoms with Gasteiger partial charge in [0, 0.05) is 12.8 Å². The van der Waals surface area contributed by atoms with Crippen molar-refractivity contribution in [2.24, 2.45) is 5.10 Å². The molecule has 0 saturated heterocycles. The van der Waals surface area contributed by atoms with Gasteiger partial charge in [0.2, 0.25) is 0 Å². The average molecular weight is 294 g/mol. The molecule has 1 aliphatic rings. The Morgan fingerprint density at radius 3 is 2.10 bits per heavy atom. The number of sulfonamides is 1. The van der Waals surface area contributed by atoms with Crippen molar-refractivity contribution in [3.8, 4) is 0 Å². The number of rotatable bonds is 3. The van der Waals surface area contributed by atoms with Gasteiger partial charge in [0.25, 0.3) is 10.0 Å². The van der Waals surface area contributed by atoms with Crippen LogP contribution >= 0.6 is 0 Å². The quantitative estimate of drug-likeness (QED) is 0.634. The molecule has 0 aromatic heterocycles. The summed E-state index contributed by atoms with van der Waals surface area (Å²) >= 11 is 0. The van der Waals surface area contributed by atoms with E-state index in [0.717, 1.165) is 41.4 Å². The Bertz CT molecular complexity index is 566. The Morgan fingerprint density at radius 1 is 1.00 bits per heavy atom. The van der Waals surface area contributed by atoms with Gasteiger partial charge in [-0.05, 0) is 44.7 Å². The lowest BCUT2D eigenvalue weighted by Gasteiger charge is -2.16. The number of hydrazone groups is 1. The van der Waals surface area contributed by atoms with Gasteiger partial charge < -0.3 is 0 Å². The zero-order chi connectivity index (χ0) is 14.6. The minimum atomic E-state index is -3.52. The molecule has 0 amide bonds. The van der Waals surface area contributed by atoms with Crippen molar-refractivity contribution in [1.29, 1.82) is 0 Å². The maximum atomic E-state index is 12.4. The van der Waals surface area contributed by atoms with Gasteiger partial charge >= 0.3 is 0 Å². The Hall–Kier alpha value is -1.36. The van der Waals surface area contributed by atoms with Crippen LogP contribution in [0.25, 0.3) is 0 Å². The lowest BCUT2D eigenvalue weighted by Crippen LogP contribution is -2.23. The van der Waals surface area contributed by atoms with Crippen LogP contribution in [0, 0.1) is 6.92 Å². The topological polar surface area (TPSA) is 49.7 Å². The molecule has 1 fully saturated rings. The number of hydrogen-bond acceptors (Lipinski definition) is 3. The monoisotopic (exact) mass is 294 g/mol. The lowest BCUT2D eigenvalue weighted by atomic mass is 10.2. The van der Waals surface area contributed by atoms with Crippen LogP contribution in [-0.2, 0) is 10.0 Å². The molecule has 0 bridgehead atoms. The third-order valence-electron chi connectivity index (χ3n) is 3.63. The Balaban J connectivity index is 2.20. The minimum absolute atomic E-state index is 0.295. The molecule has 0 N–H and O–H groups in total. The Kier molecular flexibility index (Phi) is 4.81. The minimum Gasteiger partial charge on any atom is -0.200 e. The van der Waals surface area contributed by atoms with Crippen molar-refractivity contribution in [2.75, 3.05) is 7.05 Å². The molecule has 0 radical (unpaired) electrons. The van der Waals surface area contributed by atoms with E-state index < -0.39 is 10.0 Å². The van der Waals surface area contributed by atoms with E-state index in [0.29, 0.717) is 4.90 Å². The second kappa shape index (κ2) is 6.39. The molecular formula is C15H22N2O2S. The molecule has 2 rings (SSSR count). The van der Waals surface area contributed by atoms with Gasteiger partial charge in [-0.15, -0.1) is 0 Å². The van der Waals surface area contributed by atoms with Crippen molar-refractivity contribution >= 4 is 15.7 Å². The highest BCUT2D eigenvalue weighted by Gasteiger charge is 2.20. The molecule has 110 valence electrons. The fraction of sp³-hybridized carbons (Fsp3) is 0.533. The van der Waals surface area contributed by atoms with E-state index in [1.807, 2.05) is 6.92 Å². The average Bonchev–Trinajstić information content (AvgIpc) is 2.68. The summed E-state index contributed by atoms with van der Waals surface area (Å²) in [7, 11) is -2.00. The van der Waals surface area contributed by atoms with Gasteiger partial charge in [-0.2, -0.15) is 17.9 Å². The maximum absolute atomic E-state index is 12.4. The standard InChI is InChI=1S/C15H22N2O2S/c1-13-9-11-15(12-10-13)20(18,19)17(2)16-14-7-5-3-4-6-8-14/h9-12H,3-8H2,1-2H3. The largest absolute Gasteiger partial charge is 0.278 e. The highest BCUT2D eigenvalue weighted by molar-refractivity contribution is 7.89. The molecule has 0 aliphatic heterocycles. The smallest absolute Gasteiger partial charge is 0.200 e. The molecule has 4 nitrogen and oxygen atoms in total. The Labute approximate surface area is 121 Å². The van der Waals surface area contributed by atoms with Gasteiger partial charge in [-0.25, -0.2) is 0 Å². The first-order valence-corrected chi connectivity index (χ1v) is 8.56. The van der Waals surface area contributed by atoms with Crippen molar-refractivity contribution in [1.82, 2.24) is 4.41 Å². The van der Waals surface area contributed by atoms with Gasteiger partial charge in [0.15, 0.2) is 0 Å². The van der Waals surface area contributed by atoms with Crippen LogP contribution in [-0.4, -0.2) is 25.6 Å². The first-order valence-electron chi connectivity index (χ1n) is 7.12.